The molecule has 1 heterocycles. The number of carbonyl (C=O) groups is 1. The SMILES string of the molecule is CC(N)CCNC(=O)C1CCCCO1.Cl. The molecule has 0 aromatic heterocycles. The number of halogens is 1. The highest BCUT2D eigenvalue weighted by atomic mass is 35.5. The third-order valence-electron chi connectivity index (χ3n) is 2.37. The molecule has 1 saturated heterocycles. The third-order valence-corrected chi connectivity index (χ3v) is 2.37. The van der Waals surface area contributed by atoms with E-state index in [0.29, 0.717) is 13.2 Å². The number of nitrogens with two attached hydrogens (primary N) is 1. The number of amides is 1. The van der Waals surface area contributed by atoms with Crippen LogP contribution in [0.1, 0.15) is 32.6 Å². The summed E-state index contributed by atoms with van der Waals surface area (Å²) in [5.74, 6) is 0.0188. The zero-order valence-corrected chi connectivity index (χ0v) is 10.0. The summed E-state index contributed by atoms with van der Waals surface area (Å²) in [6.07, 6.45) is 3.61. The first-order valence-corrected chi connectivity index (χ1v) is 5.35. The maximum absolute atomic E-state index is 11.5. The Bertz CT molecular complexity index is 182. The molecule has 4 nitrogen and oxygen atoms in total. The second-order valence-electron chi connectivity index (χ2n) is 3.91. The van der Waals surface area contributed by atoms with Crippen LogP contribution in [0.5, 0.6) is 0 Å². The summed E-state index contributed by atoms with van der Waals surface area (Å²) in [5.41, 5.74) is 5.57. The maximum Gasteiger partial charge on any atom is 0.249 e. The predicted molar refractivity (Wildman–Crippen MR) is 62.1 cm³/mol. The molecule has 2 atom stereocenters. The molecule has 90 valence electrons. The van der Waals surface area contributed by atoms with E-state index >= 15 is 0 Å². The van der Waals surface area contributed by atoms with Crippen molar-refractivity contribution in [1.82, 2.24) is 5.32 Å². The quantitative estimate of drug-likeness (QED) is 0.760. The molecule has 3 N–H and O–H groups in total. The number of ether oxygens (including phenoxy) is 1. The Balaban J connectivity index is 0.00000196. The molecule has 0 bridgehead atoms. The van der Waals surface area contributed by atoms with Gasteiger partial charge in [-0.25, -0.2) is 0 Å². The molecule has 2 unspecified atom stereocenters. The molecule has 15 heavy (non-hydrogen) atoms. The van der Waals surface area contributed by atoms with Gasteiger partial charge in [-0.15, -0.1) is 12.4 Å². The maximum atomic E-state index is 11.5. The summed E-state index contributed by atoms with van der Waals surface area (Å²) in [6.45, 7) is 3.30. The van der Waals surface area contributed by atoms with Crippen molar-refractivity contribution in [3.8, 4) is 0 Å². The van der Waals surface area contributed by atoms with Crippen LogP contribution < -0.4 is 11.1 Å². The predicted octanol–water partition coefficient (Wildman–Crippen LogP) is 0.831. The minimum Gasteiger partial charge on any atom is -0.368 e. The van der Waals surface area contributed by atoms with Gasteiger partial charge in [0.25, 0.3) is 0 Å². The van der Waals surface area contributed by atoms with Crippen molar-refractivity contribution in [1.29, 1.82) is 0 Å². The van der Waals surface area contributed by atoms with Crippen molar-refractivity contribution in [2.45, 2.75) is 44.8 Å². The van der Waals surface area contributed by atoms with Gasteiger partial charge in [0.1, 0.15) is 6.10 Å². The normalized spacial score (nSPS) is 22.7. The van der Waals surface area contributed by atoms with E-state index in [0.717, 1.165) is 25.7 Å². The van der Waals surface area contributed by atoms with Gasteiger partial charge in [-0.1, -0.05) is 0 Å². The highest BCUT2D eigenvalue weighted by Crippen LogP contribution is 2.12. The Labute approximate surface area is 97.3 Å². The lowest BCUT2D eigenvalue weighted by Gasteiger charge is -2.21. The molecule has 0 aromatic carbocycles. The molecule has 1 aliphatic heterocycles. The molecule has 5 heteroatoms. The van der Waals surface area contributed by atoms with E-state index in [1.165, 1.54) is 0 Å². The standard InChI is InChI=1S/C10H20N2O2.ClH/c1-8(11)5-6-12-10(13)9-4-2-3-7-14-9;/h8-9H,2-7,11H2,1H3,(H,12,13);1H. The Kier molecular flexibility index (Phi) is 7.74. The van der Waals surface area contributed by atoms with Crippen molar-refractivity contribution >= 4 is 18.3 Å². The van der Waals surface area contributed by atoms with Crippen LogP contribution in [0.15, 0.2) is 0 Å². The fourth-order valence-electron chi connectivity index (χ4n) is 1.48. The minimum absolute atomic E-state index is 0. The van der Waals surface area contributed by atoms with E-state index in [4.69, 9.17) is 10.5 Å². The second-order valence-corrected chi connectivity index (χ2v) is 3.91. The number of hydrogen-bond acceptors (Lipinski definition) is 3. The summed E-state index contributed by atoms with van der Waals surface area (Å²) in [6, 6.07) is 0.141. The van der Waals surface area contributed by atoms with Crippen molar-refractivity contribution < 1.29 is 9.53 Å². The molecular weight excluding hydrogens is 216 g/mol. The first-order valence-electron chi connectivity index (χ1n) is 5.35. The Morgan fingerprint density at radius 2 is 2.33 bits per heavy atom. The average Bonchev–Trinajstić information content (AvgIpc) is 2.18. The van der Waals surface area contributed by atoms with Gasteiger partial charge in [-0.3, -0.25) is 4.79 Å². The summed E-state index contributed by atoms with van der Waals surface area (Å²) < 4.78 is 5.35. The molecule has 0 aliphatic carbocycles. The lowest BCUT2D eigenvalue weighted by atomic mass is 10.1. The lowest BCUT2D eigenvalue weighted by molar-refractivity contribution is -0.135. The van der Waals surface area contributed by atoms with E-state index in [9.17, 15) is 4.79 Å². The first kappa shape index (κ1) is 14.7. The molecule has 1 aliphatic rings. The second kappa shape index (κ2) is 7.91. The van der Waals surface area contributed by atoms with Gasteiger partial charge in [0.05, 0.1) is 0 Å². The molecular formula is C10H21ClN2O2. The van der Waals surface area contributed by atoms with Crippen LogP contribution in [0, 0.1) is 0 Å². The summed E-state index contributed by atoms with van der Waals surface area (Å²) >= 11 is 0. The van der Waals surface area contributed by atoms with Crippen LogP contribution in [0.3, 0.4) is 0 Å². The molecule has 1 amide bonds. The smallest absolute Gasteiger partial charge is 0.249 e. The molecule has 1 fully saturated rings. The molecule has 0 radical (unpaired) electrons. The average molecular weight is 237 g/mol. The Hall–Kier alpha value is -0.320. The fourth-order valence-corrected chi connectivity index (χ4v) is 1.48. The highest BCUT2D eigenvalue weighted by molar-refractivity contribution is 5.85. The van der Waals surface area contributed by atoms with E-state index in [2.05, 4.69) is 5.32 Å². The van der Waals surface area contributed by atoms with Crippen LogP contribution in [-0.2, 0) is 9.53 Å². The molecule has 0 aromatic rings. The van der Waals surface area contributed by atoms with Crippen LogP contribution in [0.25, 0.3) is 0 Å². The fraction of sp³-hybridized carbons (Fsp3) is 0.900. The molecule has 0 saturated carbocycles. The van der Waals surface area contributed by atoms with Crippen molar-refractivity contribution in [2.75, 3.05) is 13.2 Å². The molecule has 1 rings (SSSR count). The van der Waals surface area contributed by atoms with Crippen LogP contribution in [0.2, 0.25) is 0 Å². The number of rotatable bonds is 4. The van der Waals surface area contributed by atoms with Gasteiger partial charge in [-0.2, -0.15) is 0 Å². The summed E-state index contributed by atoms with van der Waals surface area (Å²) in [7, 11) is 0. The topological polar surface area (TPSA) is 64.3 Å². The number of nitrogens with one attached hydrogen (secondary N) is 1. The number of hydrogen-bond donors (Lipinski definition) is 2. The van der Waals surface area contributed by atoms with Gasteiger partial charge in [0.2, 0.25) is 5.91 Å². The number of carbonyl (C=O) groups excluding carboxylic acids is 1. The lowest BCUT2D eigenvalue weighted by Crippen LogP contribution is -2.39. The Morgan fingerprint density at radius 1 is 1.60 bits per heavy atom. The van der Waals surface area contributed by atoms with Gasteiger partial charge < -0.3 is 15.8 Å². The summed E-state index contributed by atoms with van der Waals surface area (Å²) in [4.78, 5) is 11.5. The van der Waals surface area contributed by atoms with Crippen molar-refractivity contribution in [3.05, 3.63) is 0 Å². The highest BCUT2D eigenvalue weighted by Gasteiger charge is 2.21. The third kappa shape index (κ3) is 5.97. The van der Waals surface area contributed by atoms with E-state index in [1.54, 1.807) is 0 Å². The van der Waals surface area contributed by atoms with Gasteiger partial charge in [0, 0.05) is 19.2 Å². The zero-order chi connectivity index (χ0) is 10.4. The summed E-state index contributed by atoms with van der Waals surface area (Å²) in [5, 5.41) is 2.84. The van der Waals surface area contributed by atoms with Crippen LogP contribution >= 0.6 is 12.4 Å². The van der Waals surface area contributed by atoms with E-state index in [1.807, 2.05) is 6.92 Å². The van der Waals surface area contributed by atoms with Crippen molar-refractivity contribution in [2.24, 2.45) is 5.73 Å². The van der Waals surface area contributed by atoms with E-state index in [-0.39, 0.29) is 30.5 Å². The van der Waals surface area contributed by atoms with Crippen LogP contribution in [0.4, 0.5) is 0 Å². The Morgan fingerprint density at radius 3 is 2.87 bits per heavy atom. The van der Waals surface area contributed by atoms with Gasteiger partial charge >= 0.3 is 0 Å². The monoisotopic (exact) mass is 236 g/mol. The minimum atomic E-state index is -0.225. The van der Waals surface area contributed by atoms with E-state index < -0.39 is 0 Å². The van der Waals surface area contributed by atoms with Crippen molar-refractivity contribution in [3.63, 3.8) is 0 Å². The zero-order valence-electron chi connectivity index (χ0n) is 9.20. The first-order chi connectivity index (χ1) is 6.70. The largest absolute Gasteiger partial charge is 0.368 e. The van der Waals surface area contributed by atoms with Gasteiger partial charge in [0.15, 0.2) is 0 Å². The van der Waals surface area contributed by atoms with Crippen LogP contribution in [-0.4, -0.2) is 31.2 Å². The van der Waals surface area contributed by atoms with Gasteiger partial charge in [-0.05, 0) is 32.6 Å². The molecule has 0 spiro atoms.